The smallest absolute Gasteiger partial charge is 0.350 e. The second kappa shape index (κ2) is 5.17. The summed E-state index contributed by atoms with van der Waals surface area (Å²) in [4.78, 5) is 21.5. The minimum Gasteiger partial charge on any atom is -0.462 e. The fourth-order valence-corrected chi connectivity index (χ4v) is 2.82. The van der Waals surface area contributed by atoms with Crippen LogP contribution in [0, 0.1) is 6.92 Å². The molecule has 0 atom stereocenters. The predicted molar refractivity (Wildman–Crippen MR) is 80.2 cm³/mol. The molecule has 0 saturated carbocycles. The number of anilines is 1. The van der Waals surface area contributed by atoms with E-state index in [4.69, 9.17) is 14.9 Å². The van der Waals surface area contributed by atoms with Crippen LogP contribution in [-0.4, -0.2) is 22.5 Å². The van der Waals surface area contributed by atoms with Gasteiger partial charge in [-0.15, -0.1) is 11.3 Å². The van der Waals surface area contributed by atoms with Crippen LogP contribution in [0.5, 0.6) is 0 Å². The molecule has 0 bridgehead atoms. The van der Waals surface area contributed by atoms with Crippen LogP contribution < -0.4 is 5.73 Å². The first kappa shape index (κ1) is 13.6. The molecule has 0 aliphatic heterocycles. The lowest BCUT2D eigenvalue weighted by atomic mass is 10.3. The molecule has 0 radical (unpaired) electrons. The van der Waals surface area contributed by atoms with Gasteiger partial charge < -0.3 is 14.9 Å². The molecule has 0 aliphatic rings. The number of hydrogen-bond donors (Lipinski definition) is 1. The average Bonchev–Trinajstić information content (AvgIpc) is 3.03. The van der Waals surface area contributed by atoms with E-state index in [2.05, 4.69) is 9.97 Å². The SMILES string of the molecule is CCOC(=O)c1sc2ncc(-c3cc(C)co3)nc2c1N. The van der Waals surface area contributed by atoms with Crippen LogP contribution in [0.15, 0.2) is 22.9 Å². The van der Waals surface area contributed by atoms with E-state index in [-0.39, 0.29) is 0 Å². The van der Waals surface area contributed by atoms with Crippen LogP contribution >= 0.6 is 11.3 Å². The number of rotatable bonds is 3. The highest BCUT2D eigenvalue weighted by Gasteiger charge is 2.20. The van der Waals surface area contributed by atoms with Gasteiger partial charge in [-0.1, -0.05) is 0 Å². The highest BCUT2D eigenvalue weighted by atomic mass is 32.1. The van der Waals surface area contributed by atoms with Crippen LogP contribution in [0.2, 0.25) is 0 Å². The Balaban J connectivity index is 2.09. The quantitative estimate of drug-likeness (QED) is 0.748. The third kappa shape index (κ3) is 2.36. The number of nitrogens with two attached hydrogens (primary N) is 1. The van der Waals surface area contributed by atoms with Gasteiger partial charge in [-0.05, 0) is 25.5 Å². The third-order valence-electron chi connectivity index (χ3n) is 2.88. The molecule has 0 saturated heterocycles. The molecule has 0 aromatic carbocycles. The van der Waals surface area contributed by atoms with Crippen molar-refractivity contribution in [1.29, 1.82) is 0 Å². The topological polar surface area (TPSA) is 91.2 Å². The van der Waals surface area contributed by atoms with Gasteiger partial charge in [0.05, 0.1) is 24.8 Å². The Bertz CT molecular complexity index is 822. The summed E-state index contributed by atoms with van der Waals surface area (Å²) in [6.07, 6.45) is 3.24. The number of fused-ring (bicyclic) bond motifs is 1. The zero-order chi connectivity index (χ0) is 15.0. The lowest BCUT2D eigenvalue weighted by molar-refractivity contribution is 0.0533. The van der Waals surface area contributed by atoms with Gasteiger partial charge in [0.15, 0.2) is 5.76 Å². The number of nitrogen functional groups attached to an aromatic ring is 1. The summed E-state index contributed by atoms with van der Waals surface area (Å²) in [7, 11) is 0. The van der Waals surface area contributed by atoms with Gasteiger partial charge in [0.25, 0.3) is 0 Å². The Hall–Kier alpha value is -2.41. The number of carbonyl (C=O) groups is 1. The Morgan fingerprint density at radius 3 is 3.00 bits per heavy atom. The van der Waals surface area contributed by atoms with Crippen molar-refractivity contribution >= 4 is 33.3 Å². The van der Waals surface area contributed by atoms with Crippen LogP contribution in [-0.2, 0) is 4.74 Å². The number of esters is 1. The van der Waals surface area contributed by atoms with Crippen molar-refractivity contribution in [2.24, 2.45) is 0 Å². The van der Waals surface area contributed by atoms with E-state index in [0.29, 0.717) is 39.0 Å². The number of carbonyl (C=O) groups excluding carboxylic acids is 1. The second-order valence-corrected chi connectivity index (χ2v) is 5.46. The number of aromatic nitrogens is 2. The second-order valence-electron chi connectivity index (χ2n) is 4.46. The average molecular weight is 303 g/mol. The van der Waals surface area contributed by atoms with Gasteiger partial charge in [0.1, 0.15) is 20.9 Å². The van der Waals surface area contributed by atoms with Crippen LogP contribution in [0.25, 0.3) is 21.8 Å². The van der Waals surface area contributed by atoms with Gasteiger partial charge in [-0.3, -0.25) is 0 Å². The van der Waals surface area contributed by atoms with Crippen molar-refractivity contribution in [3.63, 3.8) is 0 Å². The normalized spacial score (nSPS) is 11.0. The largest absolute Gasteiger partial charge is 0.462 e. The number of ether oxygens (including phenoxy) is 1. The Kier molecular flexibility index (Phi) is 3.34. The maximum absolute atomic E-state index is 11.8. The molecule has 0 amide bonds. The molecule has 3 rings (SSSR count). The number of nitrogens with zero attached hydrogens (tertiary/aromatic N) is 2. The van der Waals surface area contributed by atoms with Gasteiger partial charge in [0, 0.05) is 0 Å². The molecule has 3 aromatic heterocycles. The monoisotopic (exact) mass is 303 g/mol. The lowest BCUT2D eigenvalue weighted by Gasteiger charge is -1.99. The summed E-state index contributed by atoms with van der Waals surface area (Å²) in [6.45, 7) is 3.97. The Morgan fingerprint density at radius 2 is 2.33 bits per heavy atom. The highest BCUT2D eigenvalue weighted by Crippen LogP contribution is 2.33. The first-order chi connectivity index (χ1) is 10.1. The number of hydrogen-bond acceptors (Lipinski definition) is 7. The number of thiophene rings is 1. The van der Waals surface area contributed by atoms with Crippen molar-refractivity contribution in [3.8, 4) is 11.5 Å². The number of aryl methyl sites for hydroxylation is 1. The van der Waals surface area contributed by atoms with Gasteiger partial charge in [-0.2, -0.15) is 0 Å². The van der Waals surface area contributed by atoms with E-state index in [1.807, 2.05) is 13.0 Å². The predicted octanol–water partition coefficient (Wildman–Crippen LogP) is 3.02. The van der Waals surface area contributed by atoms with E-state index >= 15 is 0 Å². The maximum atomic E-state index is 11.8. The first-order valence-electron chi connectivity index (χ1n) is 6.37. The van der Waals surface area contributed by atoms with E-state index in [9.17, 15) is 4.79 Å². The van der Waals surface area contributed by atoms with E-state index in [1.54, 1.807) is 19.4 Å². The van der Waals surface area contributed by atoms with Crippen LogP contribution in [0.1, 0.15) is 22.2 Å². The Labute approximate surface area is 124 Å². The molecule has 0 unspecified atom stereocenters. The molecule has 0 fully saturated rings. The zero-order valence-electron chi connectivity index (χ0n) is 11.5. The molecule has 0 aliphatic carbocycles. The molecule has 0 spiro atoms. The minimum absolute atomic E-state index is 0.296. The highest BCUT2D eigenvalue weighted by molar-refractivity contribution is 7.21. The maximum Gasteiger partial charge on any atom is 0.350 e. The van der Waals surface area contributed by atoms with Gasteiger partial charge >= 0.3 is 5.97 Å². The fourth-order valence-electron chi connectivity index (χ4n) is 1.92. The van der Waals surface area contributed by atoms with Gasteiger partial charge in [0.2, 0.25) is 0 Å². The van der Waals surface area contributed by atoms with E-state index in [0.717, 1.165) is 5.56 Å². The summed E-state index contributed by atoms with van der Waals surface area (Å²) < 4.78 is 10.4. The molecule has 3 heterocycles. The molecule has 3 aromatic rings. The van der Waals surface area contributed by atoms with E-state index in [1.165, 1.54) is 11.3 Å². The molecule has 7 heteroatoms. The molecule has 21 heavy (non-hydrogen) atoms. The van der Waals surface area contributed by atoms with Crippen LogP contribution in [0.3, 0.4) is 0 Å². The number of furan rings is 1. The molecular formula is C14H13N3O3S. The van der Waals surface area contributed by atoms with Crippen molar-refractivity contribution < 1.29 is 13.9 Å². The lowest BCUT2D eigenvalue weighted by Crippen LogP contribution is -2.04. The summed E-state index contributed by atoms with van der Waals surface area (Å²) in [5.41, 5.74) is 8.37. The van der Waals surface area contributed by atoms with Crippen molar-refractivity contribution in [3.05, 3.63) is 29.0 Å². The standard InChI is InChI=1S/C14H13N3O3S/c1-3-19-14(18)12-10(15)11-13(21-12)16-5-8(17-11)9-4-7(2)6-20-9/h4-6H,3,15H2,1-2H3. The first-order valence-corrected chi connectivity index (χ1v) is 7.19. The third-order valence-corrected chi connectivity index (χ3v) is 3.96. The molecular weight excluding hydrogens is 290 g/mol. The fraction of sp³-hybridized carbons (Fsp3) is 0.214. The van der Waals surface area contributed by atoms with Gasteiger partial charge in [-0.25, -0.2) is 14.8 Å². The minimum atomic E-state index is -0.449. The van der Waals surface area contributed by atoms with Crippen molar-refractivity contribution in [2.45, 2.75) is 13.8 Å². The summed E-state index contributed by atoms with van der Waals surface area (Å²) in [5, 5.41) is 0. The zero-order valence-corrected chi connectivity index (χ0v) is 12.4. The van der Waals surface area contributed by atoms with Crippen molar-refractivity contribution in [2.75, 3.05) is 12.3 Å². The van der Waals surface area contributed by atoms with Crippen LogP contribution in [0.4, 0.5) is 5.69 Å². The molecule has 6 nitrogen and oxygen atoms in total. The summed E-state index contributed by atoms with van der Waals surface area (Å²) >= 11 is 1.18. The summed E-state index contributed by atoms with van der Waals surface area (Å²) in [6, 6.07) is 1.87. The molecule has 2 N–H and O–H groups in total. The van der Waals surface area contributed by atoms with E-state index < -0.39 is 5.97 Å². The summed E-state index contributed by atoms with van der Waals surface area (Å²) in [5.74, 6) is 0.167. The molecule has 108 valence electrons. The Morgan fingerprint density at radius 1 is 1.52 bits per heavy atom. The van der Waals surface area contributed by atoms with Crippen molar-refractivity contribution in [1.82, 2.24) is 9.97 Å².